The maximum atomic E-state index is 13.1. The number of hydroxylamine groups is 1. The Morgan fingerprint density at radius 1 is 0.815 bits per heavy atom. The van der Waals surface area contributed by atoms with Crippen molar-refractivity contribution in [2.75, 3.05) is 0 Å². The van der Waals surface area contributed by atoms with Crippen LogP contribution in [-0.4, -0.2) is 17.0 Å². The smallest absolute Gasteiger partial charge is 0.274 e. The van der Waals surface area contributed by atoms with E-state index in [1.165, 1.54) is 0 Å². The van der Waals surface area contributed by atoms with E-state index < -0.39 is 5.91 Å². The molecule has 2 aromatic rings. The summed E-state index contributed by atoms with van der Waals surface area (Å²) in [4.78, 5) is 24.6. The topological polar surface area (TPSA) is 78.4 Å². The van der Waals surface area contributed by atoms with Crippen LogP contribution in [0.3, 0.4) is 0 Å². The maximum Gasteiger partial charge on any atom is 0.274 e. The molecule has 3 N–H and O–H groups in total. The minimum absolute atomic E-state index is 0.00734. The van der Waals surface area contributed by atoms with E-state index in [9.17, 15) is 9.59 Å². The maximum absolute atomic E-state index is 13.1. The molecule has 5 heteroatoms. The predicted octanol–water partition coefficient (Wildman–Crippen LogP) is 4.06. The SMILES string of the molecule is CC(C)C(NC(=O)C(c1ccccc1)C(C)C)c1ccc(C(=O)NO)cc1. The summed E-state index contributed by atoms with van der Waals surface area (Å²) in [6.07, 6.45) is 0. The number of carbonyl (C=O) groups is 2. The van der Waals surface area contributed by atoms with E-state index in [2.05, 4.69) is 5.32 Å². The molecule has 5 nitrogen and oxygen atoms in total. The molecule has 0 spiro atoms. The van der Waals surface area contributed by atoms with Crippen molar-refractivity contribution >= 4 is 11.8 Å². The standard InChI is InChI=1S/C22H28N2O3/c1-14(2)19(16-8-6-5-7-9-16)22(26)23-20(15(3)4)17-10-12-18(13-11-17)21(25)24-27/h5-15,19-20,27H,1-4H3,(H,23,26)(H,24,25). The first-order valence-corrected chi connectivity index (χ1v) is 9.24. The summed E-state index contributed by atoms with van der Waals surface area (Å²) in [6, 6.07) is 16.5. The lowest BCUT2D eigenvalue weighted by Crippen LogP contribution is -2.37. The molecule has 0 radical (unpaired) electrons. The lowest BCUT2D eigenvalue weighted by molar-refractivity contribution is -0.124. The Morgan fingerprint density at radius 3 is 1.89 bits per heavy atom. The van der Waals surface area contributed by atoms with Gasteiger partial charge in [-0.25, -0.2) is 5.48 Å². The zero-order chi connectivity index (χ0) is 20.0. The zero-order valence-electron chi connectivity index (χ0n) is 16.3. The molecule has 2 aromatic carbocycles. The lowest BCUT2D eigenvalue weighted by Gasteiger charge is -2.28. The first kappa shape index (κ1) is 20.6. The molecule has 0 aliphatic rings. The predicted molar refractivity (Wildman–Crippen MR) is 105 cm³/mol. The monoisotopic (exact) mass is 368 g/mol. The van der Waals surface area contributed by atoms with Crippen molar-refractivity contribution in [3.63, 3.8) is 0 Å². The van der Waals surface area contributed by atoms with E-state index in [0.717, 1.165) is 11.1 Å². The van der Waals surface area contributed by atoms with Crippen LogP contribution in [0, 0.1) is 11.8 Å². The van der Waals surface area contributed by atoms with Gasteiger partial charge in [-0.05, 0) is 35.1 Å². The van der Waals surface area contributed by atoms with Gasteiger partial charge in [-0.3, -0.25) is 14.8 Å². The quantitative estimate of drug-likeness (QED) is 0.509. The lowest BCUT2D eigenvalue weighted by atomic mass is 9.86. The van der Waals surface area contributed by atoms with Gasteiger partial charge in [0, 0.05) is 5.56 Å². The summed E-state index contributed by atoms with van der Waals surface area (Å²) in [6.45, 7) is 8.19. The summed E-state index contributed by atoms with van der Waals surface area (Å²) < 4.78 is 0. The van der Waals surface area contributed by atoms with Gasteiger partial charge < -0.3 is 5.32 Å². The highest BCUT2D eigenvalue weighted by Crippen LogP contribution is 2.28. The third kappa shape index (κ3) is 5.17. The second kappa shape index (κ2) is 9.33. The van der Waals surface area contributed by atoms with E-state index in [4.69, 9.17) is 5.21 Å². The molecule has 2 atom stereocenters. The number of hydrogen-bond acceptors (Lipinski definition) is 3. The van der Waals surface area contributed by atoms with Crippen LogP contribution in [-0.2, 0) is 4.79 Å². The summed E-state index contributed by atoms with van der Waals surface area (Å²) >= 11 is 0. The Morgan fingerprint density at radius 2 is 1.41 bits per heavy atom. The molecule has 0 aliphatic heterocycles. The number of amides is 2. The third-order valence-corrected chi connectivity index (χ3v) is 4.71. The Labute approximate surface area is 160 Å². The highest BCUT2D eigenvalue weighted by Gasteiger charge is 2.27. The molecule has 2 rings (SSSR count). The number of rotatable bonds is 7. The van der Waals surface area contributed by atoms with Gasteiger partial charge in [0.05, 0.1) is 12.0 Å². The molecule has 0 aromatic heterocycles. The average molecular weight is 368 g/mol. The van der Waals surface area contributed by atoms with Crippen molar-refractivity contribution in [2.45, 2.75) is 39.7 Å². The fourth-order valence-electron chi connectivity index (χ4n) is 3.28. The minimum atomic E-state index is -0.560. The highest BCUT2D eigenvalue weighted by molar-refractivity contribution is 5.93. The van der Waals surface area contributed by atoms with E-state index in [-0.39, 0.29) is 29.7 Å². The zero-order valence-corrected chi connectivity index (χ0v) is 16.3. The van der Waals surface area contributed by atoms with Crippen LogP contribution < -0.4 is 10.8 Å². The van der Waals surface area contributed by atoms with Crippen molar-refractivity contribution in [1.82, 2.24) is 10.8 Å². The average Bonchev–Trinajstić information content (AvgIpc) is 2.66. The van der Waals surface area contributed by atoms with Crippen molar-refractivity contribution in [2.24, 2.45) is 11.8 Å². The molecule has 0 bridgehead atoms. The van der Waals surface area contributed by atoms with Gasteiger partial charge in [-0.15, -0.1) is 0 Å². The fourth-order valence-corrected chi connectivity index (χ4v) is 3.28. The molecular formula is C22H28N2O3. The Kier molecular flexibility index (Phi) is 7.13. The van der Waals surface area contributed by atoms with Crippen molar-refractivity contribution < 1.29 is 14.8 Å². The van der Waals surface area contributed by atoms with Gasteiger partial charge >= 0.3 is 0 Å². The summed E-state index contributed by atoms with van der Waals surface area (Å²) in [7, 11) is 0. The van der Waals surface area contributed by atoms with Crippen molar-refractivity contribution in [3.05, 3.63) is 71.3 Å². The summed E-state index contributed by atoms with van der Waals surface area (Å²) in [5.41, 5.74) is 3.90. The largest absolute Gasteiger partial charge is 0.349 e. The van der Waals surface area contributed by atoms with Gasteiger partial charge in [0.25, 0.3) is 5.91 Å². The van der Waals surface area contributed by atoms with Gasteiger partial charge in [0.1, 0.15) is 0 Å². The van der Waals surface area contributed by atoms with E-state index in [0.29, 0.717) is 5.56 Å². The van der Waals surface area contributed by atoms with Gasteiger partial charge in [0.2, 0.25) is 5.91 Å². The number of nitrogens with one attached hydrogen (secondary N) is 2. The normalized spacial score (nSPS) is 13.3. The number of benzene rings is 2. The molecule has 0 heterocycles. The summed E-state index contributed by atoms with van der Waals surface area (Å²) in [5.74, 6) is -0.458. The molecule has 0 saturated heterocycles. The second-order valence-corrected chi connectivity index (χ2v) is 7.43. The molecule has 27 heavy (non-hydrogen) atoms. The first-order chi connectivity index (χ1) is 12.8. The van der Waals surface area contributed by atoms with Crippen LogP contribution >= 0.6 is 0 Å². The van der Waals surface area contributed by atoms with Gasteiger partial charge in [-0.1, -0.05) is 70.2 Å². The van der Waals surface area contributed by atoms with Crippen LogP contribution in [0.15, 0.2) is 54.6 Å². The Bertz CT molecular complexity index is 755. The van der Waals surface area contributed by atoms with E-state index in [1.54, 1.807) is 17.6 Å². The van der Waals surface area contributed by atoms with Gasteiger partial charge in [0.15, 0.2) is 0 Å². The second-order valence-electron chi connectivity index (χ2n) is 7.43. The Balaban J connectivity index is 2.24. The number of carbonyl (C=O) groups excluding carboxylic acids is 2. The van der Waals surface area contributed by atoms with Crippen LogP contribution in [0.1, 0.15) is 61.1 Å². The third-order valence-electron chi connectivity index (χ3n) is 4.71. The summed E-state index contributed by atoms with van der Waals surface area (Å²) in [5, 5.41) is 11.9. The highest BCUT2D eigenvalue weighted by atomic mass is 16.5. The fraction of sp³-hybridized carbons (Fsp3) is 0.364. The van der Waals surface area contributed by atoms with Gasteiger partial charge in [-0.2, -0.15) is 0 Å². The van der Waals surface area contributed by atoms with E-state index >= 15 is 0 Å². The molecule has 0 fully saturated rings. The molecule has 2 amide bonds. The molecular weight excluding hydrogens is 340 g/mol. The minimum Gasteiger partial charge on any atom is -0.349 e. The molecule has 144 valence electrons. The molecule has 0 saturated carbocycles. The van der Waals surface area contributed by atoms with Crippen molar-refractivity contribution in [1.29, 1.82) is 0 Å². The molecule has 2 unspecified atom stereocenters. The van der Waals surface area contributed by atoms with Crippen LogP contribution in [0.2, 0.25) is 0 Å². The first-order valence-electron chi connectivity index (χ1n) is 9.24. The Hall–Kier alpha value is -2.66. The van der Waals surface area contributed by atoms with Crippen LogP contribution in [0.4, 0.5) is 0 Å². The molecule has 0 aliphatic carbocycles. The van der Waals surface area contributed by atoms with Crippen LogP contribution in [0.25, 0.3) is 0 Å². The van der Waals surface area contributed by atoms with Crippen LogP contribution in [0.5, 0.6) is 0 Å². The van der Waals surface area contributed by atoms with E-state index in [1.807, 2.05) is 70.2 Å². The van der Waals surface area contributed by atoms with Crippen molar-refractivity contribution in [3.8, 4) is 0 Å². The number of hydrogen-bond donors (Lipinski definition) is 3.